The summed E-state index contributed by atoms with van der Waals surface area (Å²) in [5.74, 6) is 0.151. The molecule has 1 fully saturated rings. The molecule has 0 unspecified atom stereocenters. The molecule has 0 radical (unpaired) electrons. The van der Waals surface area contributed by atoms with Gasteiger partial charge in [-0.3, -0.25) is 9.48 Å². The molecule has 4 nitrogen and oxygen atoms in total. The topological polar surface area (TPSA) is 46.9 Å². The van der Waals surface area contributed by atoms with Gasteiger partial charge >= 0.3 is 0 Å². The van der Waals surface area contributed by atoms with Crippen LogP contribution in [0.25, 0.3) is 0 Å². The molecule has 0 saturated heterocycles. The van der Waals surface area contributed by atoms with E-state index in [1.54, 1.807) is 28.4 Å². The molecule has 0 aromatic carbocycles. The standard InChI is InChI=1S/C16H20ClN3OS/c1-15(2)11-16(15,13-5-3-8-22-13)14(21)18-6-4-7-20-10-12(17)9-19-20/h3,5,8-10H,4,6-7,11H2,1-2H3,(H,18,21)/t16-/m1/s1. The second-order valence-corrected chi connectivity index (χ2v) is 7.86. The summed E-state index contributed by atoms with van der Waals surface area (Å²) in [6, 6.07) is 4.09. The number of carbonyl (C=O) groups excluding carboxylic acids is 1. The molecule has 2 aromatic heterocycles. The van der Waals surface area contributed by atoms with E-state index in [9.17, 15) is 4.79 Å². The smallest absolute Gasteiger partial charge is 0.232 e. The summed E-state index contributed by atoms with van der Waals surface area (Å²) < 4.78 is 1.80. The van der Waals surface area contributed by atoms with Crippen molar-refractivity contribution >= 4 is 28.8 Å². The summed E-state index contributed by atoms with van der Waals surface area (Å²) in [5.41, 5.74) is -0.298. The maximum atomic E-state index is 12.7. The van der Waals surface area contributed by atoms with Crippen molar-refractivity contribution in [2.24, 2.45) is 5.41 Å². The maximum Gasteiger partial charge on any atom is 0.232 e. The highest BCUT2D eigenvalue weighted by atomic mass is 35.5. The molecule has 0 spiro atoms. The number of hydrogen-bond acceptors (Lipinski definition) is 3. The lowest BCUT2D eigenvalue weighted by atomic mass is 9.93. The zero-order valence-electron chi connectivity index (χ0n) is 12.8. The van der Waals surface area contributed by atoms with Crippen LogP contribution in [0, 0.1) is 5.41 Å². The van der Waals surface area contributed by atoms with Crippen LogP contribution in [0.5, 0.6) is 0 Å². The van der Waals surface area contributed by atoms with Crippen LogP contribution in [0.3, 0.4) is 0 Å². The quantitative estimate of drug-likeness (QED) is 0.820. The lowest BCUT2D eigenvalue weighted by molar-refractivity contribution is -0.124. The second kappa shape index (κ2) is 5.70. The van der Waals surface area contributed by atoms with Crippen LogP contribution in [0.1, 0.15) is 31.6 Å². The van der Waals surface area contributed by atoms with E-state index >= 15 is 0 Å². The highest BCUT2D eigenvalue weighted by Crippen LogP contribution is 2.65. The zero-order chi connectivity index (χ0) is 15.8. The Morgan fingerprint density at radius 1 is 1.55 bits per heavy atom. The molecule has 3 rings (SSSR count). The van der Waals surface area contributed by atoms with Crippen molar-refractivity contribution in [3.8, 4) is 0 Å². The Bertz CT molecular complexity index is 665. The monoisotopic (exact) mass is 337 g/mol. The first kappa shape index (κ1) is 15.6. The first-order valence-corrected chi connectivity index (χ1v) is 8.72. The molecule has 1 atom stereocenters. The highest BCUT2D eigenvalue weighted by molar-refractivity contribution is 7.10. The van der Waals surface area contributed by atoms with Gasteiger partial charge in [0.15, 0.2) is 0 Å². The predicted octanol–water partition coefficient (Wildman–Crippen LogP) is 3.47. The third-order valence-corrected chi connectivity index (χ3v) is 5.75. The number of thiophene rings is 1. The lowest BCUT2D eigenvalue weighted by Gasteiger charge is -2.19. The number of amides is 1. The second-order valence-electron chi connectivity index (χ2n) is 6.47. The Balaban J connectivity index is 1.55. The first-order valence-electron chi connectivity index (χ1n) is 7.46. The van der Waals surface area contributed by atoms with Gasteiger partial charge in [0, 0.05) is 24.2 Å². The van der Waals surface area contributed by atoms with Crippen molar-refractivity contribution in [3.05, 3.63) is 39.8 Å². The van der Waals surface area contributed by atoms with Crippen LogP contribution < -0.4 is 5.32 Å². The summed E-state index contributed by atoms with van der Waals surface area (Å²) in [6.45, 7) is 5.73. The Morgan fingerprint density at radius 2 is 2.32 bits per heavy atom. The van der Waals surface area contributed by atoms with E-state index in [0.717, 1.165) is 19.4 Å². The molecule has 1 amide bonds. The largest absolute Gasteiger partial charge is 0.355 e. The van der Waals surface area contributed by atoms with Gasteiger partial charge in [0.1, 0.15) is 0 Å². The third kappa shape index (κ3) is 2.68. The van der Waals surface area contributed by atoms with Crippen molar-refractivity contribution in [2.75, 3.05) is 6.54 Å². The molecule has 1 aliphatic carbocycles. The van der Waals surface area contributed by atoms with E-state index in [4.69, 9.17) is 11.6 Å². The molecule has 1 saturated carbocycles. The van der Waals surface area contributed by atoms with Crippen LogP contribution >= 0.6 is 22.9 Å². The average Bonchev–Trinajstić information content (AvgIpc) is 2.91. The van der Waals surface area contributed by atoms with Crippen molar-refractivity contribution < 1.29 is 4.79 Å². The Morgan fingerprint density at radius 3 is 2.86 bits per heavy atom. The molecule has 1 N–H and O–H groups in total. The summed E-state index contributed by atoms with van der Waals surface area (Å²) >= 11 is 7.50. The van der Waals surface area contributed by atoms with Gasteiger partial charge in [0.2, 0.25) is 5.91 Å². The van der Waals surface area contributed by atoms with E-state index in [0.29, 0.717) is 11.6 Å². The van der Waals surface area contributed by atoms with Crippen molar-refractivity contribution in [1.82, 2.24) is 15.1 Å². The molecule has 118 valence electrons. The predicted molar refractivity (Wildman–Crippen MR) is 89.3 cm³/mol. The van der Waals surface area contributed by atoms with Gasteiger partial charge in [0.05, 0.1) is 16.6 Å². The average molecular weight is 338 g/mol. The molecule has 0 bridgehead atoms. The van der Waals surface area contributed by atoms with Gasteiger partial charge < -0.3 is 5.32 Å². The van der Waals surface area contributed by atoms with Crippen LogP contribution in [-0.2, 0) is 16.8 Å². The third-order valence-electron chi connectivity index (χ3n) is 4.52. The summed E-state index contributed by atoms with van der Waals surface area (Å²) in [4.78, 5) is 13.9. The van der Waals surface area contributed by atoms with E-state index in [2.05, 4.69) is 30.3 Å². The zero-order valence-corrected chi connectivity index (χ0v) is 14.4. The minimum absolute atomic E-state index is 0.0391. The van der Waals surface area contributed by atoms with Gasteiger partial charge in [-0.2, -0.15) is 5.10 Å². The van der Waals surface area contributed by atoms with Crippen LogP contribution in [0.2, 0.25) is 5.02 Å². The van der Waals surface area contributed by atoms with E-state index < -0.39 is 0 Å². The van der Waals surface area contributed by atoms with Crippen LogP contribution in [0.15, 0.2) is 29.9 Å². The van der Waals surface area contributed by atoms with Crippen molar-refractivity contribution in [3.63, 3.8) is 0 Å². The minimum atomic E-state index is -0.337. The molecule has 6 heteroatoms. The fraction of sp³-hybridized carbons (Fsp3) is 0.500. The Kier molecular flexibility index (Phi) is 4.03. The molecular weight excluding hydrogens is 318 g/mol. The number of aryl methyl sites for hydroxylation is 1. The number of rotatable bonds is 6. The molecule has 2 aromatic rings. The summed E-state index contributed by atoms with van der Waals surface area (Å²) in [5, 5.41) is 9.91. The van der Waals surface area contributed by atoms with Crippen molar-refractivity contribution in [2.45, 2.75) is 38.6 Å². The number of carbonyl (C=O) groups is 1. The highest BCUT2D eigenvalue weighted by Gasteiger charge is 2.67. The Hall–Kier alpha value is -1.33. The number of nitrogens with one attached hydrogen (secondary N) is 1. The van der Waals surface area contributed by atoms with E-state index in [1.165, 1.54) is 4.88 Å². The number of halogens is 1. The number of nitrogens with zero attached hydrogens (tertiary/aromatic N) is 2. The SMILES string of the molecule is CC1(C)C[C@]1(C(=O)NCCCn1cc(Cl)cn1)c1cccs1. The van der Waals surface area contributed by atoms with Crippen LogP contribution in [0.4, 0.5) is 0 Å². The van der Waals surface area contributed by atoms with E-state index in [-0.39, 0.29) is 16.7 Å². The molecule has 2 heterocycles. The fourth-order valence-corrected chi connectivity index (χ4v) is 4.37. The van der Waals surface area contributed by atoms with Crippen LogP contribution in [-0.4, -0.2) is 22.2 Å². The molecule has 0 aliphatic heterocycles. The number of hydrogen-bond donors (Lipinski definition) is 1. The van der Waals surface area contributed by atoms with Gasteiger partial charge in [-0.25, -0.2) is 0 Å². The molecular formula is C16H20ClN3OS. The molecule has 22 heavy (non-hydrogen) atoms. The Labute approximate surface area is 139 Å². The number of aromatic nitrogens is 2. The van der Waals surface area contributed by atoms with Crippen molar-refractivity contribution in [1.29, 1.82) is 0 Å². The lowest BCUT2D eigenvalue weighted by Crippen LogP contribution is -2.38. The summed E-state index contributed by atoms with van der Waals surface area (Å²) in [6.07, 6.45) is 5.17. The minimum Gasteiger partial charge on any atom is -0.355 e. The molecule has 1 aliphatic rings. The van der Waals surface area contributed by atoms with Gasteiger partial charge in [-0.05, 0) is 29.7 Å². The van der Waals surface area contributed by atoms with Gasteiger partial charge in [-0.1, -0.05) is 31.5 Å². The summed E-state index contributed by atoms with van der Waals surface area (Å²) in [7, 11) is 0. The van der Waals surface area contributed by atoms with E-state index in [1.807, 2.05) is 11.4 Å². The normalized spacial score (nSPS) is 22.5. The van der Waals surface area contributed by atoms with Gasteiger partial charge in [-0.15, -0.1) is 11.3 Å². The fourth-order valence-electron chi connectivity index (χ4n) is 3.11. The van der Waals surface area contributed by atoms with Gasteiger partial charge in [0.25, 0.3) is 0 Å². The first-order chi connectivity index (χ1) is 10.5. The maximum absolute atomic E-state index is 12.7.